The Labute approximate surface area is 253 Å². The highest BCUT2D eigenvalue weighted by Crippen LogP contribution is 2.69. The maximum Gasteiger partial charge on any atom is 0.330 e. The zero-order valence-electron chi connectivity index (χ0n) is 22.1. The Balaban J connectivity index is 1.36. The summed E-state index contributed by atoms with van der Waals surface area (Å²) in [5.41, 5.74) is 7.15. The van der Waals surface area contributed by atoms with E-state index in [1.165, 1.54) is 18.2 Å². The Morgan fingerprint density at radius 3 is 1.81 bits per heavy atom. The number of alkyl halides is 2. The van der Waals surface area contributed by atoms with Crippen molar-refractivity contribution in [2.45, 2.75) is 22.2 Å². The minimum Gasteiger partial charge on any atom is -0.456 e. The number of nitrogens with zero attached hydrogens (tertiary/aromatic N) is 2. The molecule has 11 nitrogen and oxygen atoms in total. The van der Waals surface area contributed by atoms with Gasteiger partial charge in [-0.1, -0.05) is 60.7 Å². The third kappa shape index (κ3) is 3.99. The number of likely N-dealkylation sites (tertiary alicyclic amines) is 1. The lowest BCUT2D eigenvalue weighted by Crippen LogP contribution is -2.57. The molecule has 2 N–H and O–H groups in total. The number of halogens is 2. The average molecular weight is 622 g/mol. The van der Waals surface area contributed by atoms with Crippen molar-refractivity contribution in [3.63, 3.8) is 0 Å². The number of imide groups is 1. The number of esters is 1. The number of rotatable bonds is 8. The number of carbonyl (C=O) groups is 5. The van der Waals surface area contributed by atoms with E-state index >= 15 is 0 Å². The summed E-state index contributed by atoms with van der Waals surface area (Å²) in [6.07, 6.45) is -0.786. The number of ketones is 1. The van der Waals surface area contributed by atoms with Crippen LogP contribution in [-0.2, 0) is 33.7 Å². The average Bonchev–Trinajstić information content (AvgIpc) is 3.27. The summed E-state index contributed by atoms with van der Waals surface area (Å²) < 4.78 is 5.15. The van der Waals surface area contributed by atoms with E-state index in [2.05, 4.69) is 0 Å². The quantitative estimate of drug-likeness (QED) is 0.0999. The predicted molar refractivity (Wildman–Crippen MR) is 151 cm³/mol. The molecule has 43 heavy (non-hydrogen) atoms. The smallest absolute Gasteiger partial charge is 0.330 e. The molecule has 3 amide bonds. The molecule has 0 unspecified atom stereocenters. The number of benzene rings is 3. The lowest BCUT2D eigenvalue weighted by atomic mass is 9.54. The standard InChI is InChI=1S/C30H21Cl2N3O8/c31-29-17-8-1-2-9-18(17)30(32,20-11-4-3-10-19(20)29)25-24(29)26(38)34(27(25)39)21(13-23(33)37)28(40)43-14-22(36)15-6-5-7-16(12-15)35(41)42/h1-12,21,24-25H,13-14H2,(H2,33,37)/t21-,24-,25-,29?,30?/m1/s1. The number of Topliss-reactive ketones (excluding diaryl/α,β-unsaturated/α-hetero) is 1. The van der Waals surface area contributed by atoms with Crippen LogP contribution in [0.4, 0.5) is 5.69 Å². The van der Waals surface area contributed by atoms with Crippen LogP contribution in [0.1, 0.15) is 39.0 Å². The molecule has 2 bridgehead atoms. The van der Waals surface area contributed by atoms with Crippen molar-refractivity contribution in [2.24, 2.45) is 17.6 Å². The van der Waals surface area contributed by atoms with Crippen LogP contribution < -0.4 is 5.73 Å². The monoisotopic (exact) mass is 621 g/mol. The van der Waals surface area contributed by atoms with Gasteiger partial charge in [-0.05, 0) is 22.3 Å². The molecule has 0 saturated carbocycles. The maximum absolute atomic E-state index is 14.2. The number of nitrogens with two attached hydrogens (primary N) is 1. The van der Waals surface area contributed by atoms with Gasteiger partial charge in [0.2, 0.25) is 23.5 Å². The van der Waals surface area contributed by atoms with E-state index in [-0.39, 0.29) is 11.3 Å². The zero-order chi connectivity index (χ0) is 30.8. The Bertz CT molecular complexity index is 1650. The molecular weight excluding hydrogens is 601 g/mol. The van der Waals surface area contributed by atoms with Crippen LogP contribution in [0.5, 0.6) is 0 Å². The van der Waals surface area contributed by atoms with Gasteiger partial charge in [0.1, 0.15) is 15.8 Å². The third-order valence-electron chi connectivity index (χ3n) is 8.32. The molecule has 1 heterocycles. The molecule has 4 aliphatic rings. The van der Waals surface area contributed by atoms with Crippen LogP contribution >= 0.6 is 23.2 Å². The first-order valence-corrected chi connectivity index (χ1v) is 13.8. The molecular formula is C30H21Cl2N3O8. The lowest BCUT2D eigenvalue weighted by Gasteiger charge is -2.54. The Kier molecular flexibility index (Phi) is 6.62. The number of amides is 3. The normalized spacial score (nSPS) is 25.4. The van der Waals surface area contributed by atoms with Gasteiger partial charge in [-0.25, -0.2) is 4.79 Å². The summed E-state index contributed by atoms with van der Waals surface area (Å²) in [7, 11) is 0. The van der Waals surface area contributed by atoms with E-state index in [1.54, 1.807) is 48.5 Å². The Morgan fingerprint density at radius 2 is 1.37 bits per heavy atom. The summed E-state index contributed by atoms with van der Waals surface area (Å²) in [6, 6.07) is 16.9. The summed E-state index contributed by atoms with van der Waals surface area (Å²) in [4.78, 5) is 74.4. The molecule has 7 rings (SSSR count). The van der Waals surface area contributed by atoms with Gasteiger partial charge in [-0.2, -0.15) is 0 Å². The van der Waals surface area contributed by atoms with Gasteiger partial charge in [-0.15, -0.1) is 23.2 Å². The van der Waals surface area contributed by atoms with E-state index in [4.69, 9.17) is 33.7 Å². The molecule has 1 aliphatic heterocycles. The fourth-order valence-electron chi connectivity index (χ4n) is 6.58. The van der Waals surface area contributed by atoms with Crippen LogP contribution in [0, 0.1) is 22.0 Å². The minimum atomic E-state index is -1.81. The van der Waals surface area contributed by atoms with Crippen LogP contribution in [0.2, 0.25) is 0 Å². The molecule has 3 aliphatic carbocycles. The lowest BCUT2D eigenvalue weighted by molar-refractivity contribution is -0.384. The highest BCUT2D eigenvalue weighted by atomic mass is 35.5. The Hall–Kier alpha value is -4.61. The first-order valence-electron chi connectivity index (χ1n) is 13.1. The number of carbonyl (C=O) groups excluding carboxylic acids is 5. The van der Waals surface area contributed by atoms with Crippen LogP contribution in [-0.4, -0.2) is 51.9 Å². The first-order chi connectivity index (χ1) is 20.4. The van der Waals surface area contributed by atoms with Gasteiger partial charge in [0.15, 0.2) is 6.61 Å². The summed E-state index contributed by atoms with van der Waals surface area (Å²) >= 11 is 14.8. The molecule has 3 aromatic carbocycles. The number of ether oxygens (including phenoxy) is 1. The van der Waals surface area contributed by atoms with Crippen molar-refractivity contribution in [1.29, 1.82) is 0 Å². The Morgan fingerprint density at radius 1 is 0.884 bits per heavy atom. The van der Waals surface area contributed by atoms with Crippen molar-refractivity contribution in [3.05, 3.63) is 111 Å². The summed E-state index contributed by atoms with van der Waals surface area (Å²) in [5.74, 6) is -7.20. The van der Waals surface area contributed by atoms with E-state index in [0.717, 1.165) is 6.07 Å². The molecule has 218 valence electrons. The van der Waals surface area contributed by atoms with Crippen molar-refractivity contribution in [1.82, 2.24) is 4.90 Å². The van der Waals surface area contributed by atoms with E-state index in [0.29, 0.717) is 27.2 Å². The van der Waals surface area contributed by atoms with Crippen LogP contribution in [0.3, 0.4) is 0 Å². The molecule has 0 radical (unpaired) electrons. The SMILES string of the molecule is NC(=O)C[C@H](C(=O)OCC(=O)c1cccc([N+](=O)[O-])c1)N1C(=O)[C@H]2[C@H](C1=O)C1(Cl)c3ccccc3C2(Cl)c2ccccc21. The van der Waals surface area contributed by atoms with E-state index in [9.17, 15) is 34.1 Å². The van der Waals surface area contributed by atoms with Gasteiger partial charge in [0.25, 0.3) is 5.69 Å². The van der Waals surface area contributed by atoms with Gasteiger partial charge in [-0.3, -0.25) is 34.2 Å². The molecule has 13 heteroatoms. The van der Waals surface area contributed by atoms with Crippen molar-refractivity contribution in [3.8, 4) is 0 Å². The number of nitro benzene ring substituents is 1. The largest absolute Gasteiger partial charge is 0.456 e. The number of hydrogen-bond acceptors (Lipinski definition) is 8. The second-order valence-corrected chi connectivity index (χ2v) is 11.7. The van der Waals surface area contributed by atoms with E-state index in [1.807, 2.05) is 0 Å². The topological polar surface area (TPSA) is 167 Å². The second-order valence-electron chi connectivity index (χ2n) is 10.5. The molecule has 3 atom stereocenters. The third-order valence-corrected chi connectivity index (χ3v) is 9.61. The second kappa shape index (κ2) is 9.99. The number of non-ortho nitro benzene ring substituents is 1. The highest BCUT2D eigenvalue weighted by molar-refractivity contribution is 6.36. The van der Waals surface area contributed by atoms with Crippen LogP contribution in [0.15, 0.2) is 72.8 Å². The van der Waals surface area contributed by atoms with Gasteiger partial charge >= 0.3 is 5.97 Å². The van der Waals surface area contributed by atoms with Crippen molar-refractivity contribution in [2.75, 3.05) is 6.61 Å². The minimum absolute atomic E-state index is 0.104. The number of hydrogen-bond donors (Lipinski definition) is 1. The van der Waals surface area contributed by atoms with Gasteiger partial charge in [0, 0.05) is 17.7 Å². The van der Waals surface area contributed by atoms with E-state index < -0.39 is 75.1 Å². The zero-order valence-corrected chi connectivity index (χ0v) is 23.6. The van der Waals surface area contributed by atoms with Gasteiger partial charge in [0.05, 0.1) is 23.2 Å². The molecule has 0 spiro atoms. The van der Waals surface area contributed by atoms with Crippen molar-refractivity contribution < 1.29 is 33.6 Å². The molecule has 3 aromatic rings. The summed E-state index contributed by atoms with van der Waals surface area (Å²) in [5, 5.41) is 11.1. The highest BCUT2D eigenvalue weighted by Gasteiger charge is 2.73. The fourth-order valence-corrected chi connectivity index (χ4v) is 7.67. The first kappa shape index (κ1) is 28.5. The molecule has 1 saturated heterocycles. The van der Waals surface area contributed by atoms with Crippen LogP contribution in [0.25, 0.3) is 0 Å². The number of primary amides is 1. The maximum atomic E-state index is 14.2. The van der Waals surface area contributed by atoms with Gasteiger partial charge < -0.3 is 10.5 Å². The number of nitro groups is 1. The molecule has 1 fully saturated rings. The predicted octanol–water partition coefficient (Wildman–Crippen LogP) is 3.16. The molecule has 0 aromatic heterocycles. The fraction of sp³-hybridized carbons (Fsp3) is 0.233. The van der Waals surface area contributed by atoms with Crippen molar-refractivity contribution >= 4 is 58.4 Å². The summed E-state index contributed by atoms with van der Waals surface area (Å²) in [6.45, 7) is -0.881.